The quantitative estimate of drug-likeness (QED) is 0.338. The predicted octanol–water partition coefficient (Wildman–Crippen LogP) is 6.92. The Bertz CT molecular complexity index is 996. The molecule has 2 saturated carbocycles. The second kappa shape index (κ2) is 14.4. The van der Waals surface area contributed by atoms with Gasteiger partial charge < -0.3 is 10.4 Å². The minimum absolute atomic E-state index is 0.0295. The lowest BCUT2D eigenvalue weighted by Crippen LogP contribution is -2.18. The molecule has 0 radical (unpaired) electrons. The maximum Gasteiger partial charge on any atom is 0.303 e. The predicted molar refractivity (Wildman–Crippen MR) is 143 cm³/mol. The highest BCUT2D eigenvalue weighted by Gasteiger charge is 2.24. The lowest BCUT2D eigenvalue weighted by atomic mass is 9.87. The molecular weight excluding hydrogens is 476 g/mol. The summed E-state index contributed by atoms with van der Waals surface area (Å²) < 4.78 is 1.91. The zero-order valence-electron chi connectivity index (χ0n) is 21.8. The molecule has 8 heteroatoms. The van der Waals surface area contributed by atoms with E-state index in [-0.39, 0.29) is 24.7 Å². The summed E-state index contributed by atoms with van der Waals surface area (Å²) in [6.45, 7) is 4.81. The van der Waals surface area contributed by atoms with Crippen molar-refractivity contribution in [3.63, 3.8) is 0 Å². The topological polar surface area (TPSA) is 97.1 Å². The Morgan fingerprint density at radius 2 is 1.86 bits per heavy atom. The Morgan fingerprint density at radius 1 is 1.17 bits per heavy atom. The monoisotopic (exact) mass is 516 g/mol. The molecule has 1 aromatic heterocycles. The third kappa shape index (κ3) is 9.23. The highest BCUT2D eigenvalue weighted by atomic mass is 35.5. The smallest absolute Gasteiger partial charge is 0.303 e. The second-order valence-electron chi connectivity index (χ2n) is 10.2. The number of rotatable bonds is 11. The van der Waals surface area contributed by atoms with E-state index < -0.39 is 5.97 Å². The number of aryl methyl sites for hydroxylation is 2. The van der Waals surface area contributed by atoms with Gasteiger partial charge in [0.2, 0.25) is 5.91 Å². The van der Waals surface area contributed by atoms with Gasteiger partial charge in [-0.05, 0) is 49.8 Å². The van der Waals surface area contributed by atoms with Crippen LogP contribution in [0.1, 0.15) is 107 Å². The zero-order chi connectivity index (χ0) is 25.9. The fourth-order valence-electron chi connectivity index (χ4n) is 4.68. The molecule has 7 nitrogen and oxygen atoms in total. The van der Waals surface area contributed by atoms with E-state index in [1.54, 1.807) is 6.07 Å². The number of benzene rings is 1. The number of halogens is 1. The Hall–Kier alpha value is -2.41. The largest absolute Gasteiger partial charge is 0.481 e. The van der Waals surface area contributed by atoms with Gasteiger partial charge >= 0.3 is 5.97 Å². The molecule has 36 heavy (non-hydrogen) atoms. The van der Waals surface area contributed by atoms with Crippen molar-refractivity contribution in [3.05, 3.63) is 40.2 Å². The van der Waals surface area contributed by atoms with Gasteiger partial charge in [-0.25, -0.2) is 4.68 Å². The van der Waals surface area contributed by atoms with Crippen molar-refractivity contribution in [1.82, 2.24) is 15.0 Å². The van der Waals surface area contributed by atoms with Crippen LogP contribution in [0.2, 0.25) is 5.02 Å². The molecule has 0 spiro atoms. The average molecular weight is 517 g/mol. The van der Waals surface area contributed by atoms with E-state index in [1.807, 2.05) is 30.7 Å². The summed E-state index contributed by atoms with van der Waals surface area (Å²) in [5.74, 6) is -0.685. The number of carbonyl (C=O) groups excluding carboxylic acids is 1. The van der Waals surface area contributed by atoms with E-state index in [0.717, 1.165) is 36.6 Å². The van der Waals surface area contributed by atoms with Crippen LogP contribution in [0.3, 0.4) is 0 Å². The van der Waals surface area contributed by atoms with Gasteiger partial charge in [-0.1, -0.05) is 81.2 Å². The molecule has 2 fully saturated rings. The number of hydrogen-bond donors (Lipinski definition) is 2. The normalized spacial score (nSPS) is 16.1. The number of carbonyl (C=O) groups is 2. The third-order valence-electron chi connectivity index (χ3n) is 7.09. The van der Waals surface area contributed by atoms with Gasteiger partial charge in [0.15, 0.2) is 0 Å². The maximum absolute atomic E-state index is 12.8. The van der Waals surface area contributed by atoms with Crippen LogP contribution in [0.5, 0.6) is 0 Å². The summed E-state index contributed by atoms with van der Waals surface area (Å²) in [5.41, 5.74) is 3.28. The third-order valence-corrected chi connectivity index (χ3v) is 7.40. The van der Waals surface area contributed by atoms with E-state index in [2.05, 4.69) is 15.6 Å². The summed E-state index contributed by atoms with van der Waals surface area (Å²) >= 11 is 6.32. The van der Waals surface area contributed by atoms with E-state index in [0.29, 0.717) is 22.8 Å². The van der Waals surface area contributed by atoms with Gasteiger partial charge in [0, 0.05) is 25.3 Å². The van der Waals surface area contributed by atoms with Crippen LogP contribution >= 0.6 is 11.6 Å². The van der Waals surface area contributed by atoms with Gasteiger partial charge in [0.05, 0.1) is 22.1 Å². The van der Waals surface area contributed by atoms with E-state index in [9.17, 15) is 14.7 Å². The molecule has 0 saturated heterocycles. The summed E-state index contributed by atoms with van der Waals surface area (Å²) in [5, 5.41) is 21.3. The first-order valence-corrected chi connectivity index (χ1v) is 13.9. The van der Waals surface area contributed by atoms with Gasteiger partial charge in [0.25, 0.3) is 0 Å². The highest BCUT2D eigenvalue weighted by Crippen LogP contribution is 2.30. The summed E-state index contributed by atoms with van der Waals surface area (Å²) in [7, 11) is 0. The summed E-state index contributed by atoms with van der Waals surface area (Å²) in [6, 6.07) is 5.59. The molecule has 2 aliphatic carbocycles. The number of anilines is 1. The van der Waals surface area contributed by atoms with Crippen molar-refractivity contribution < 1.29 is 14.7 Å². The molecule has 0 aliphatic heterocycles. The van der Waals surface area contributed by atoms with E-state index in [4.69, 9.17) is 11.6 Å². The van der Waals surface area contributed by atoms with Gasteiger partial charge in [-0.15, -0.1) is 5.10 Å². The first-order chi connectivity index (χ1) is 17.4. The second-order valence-corrected chi connectivity index (χ2v) is 10.6. The first-order valence-electron chi connectivity index (χ1n) is 13.6. The Kier molecular flexibility index (Phi) is 11.2. The number of carboxylic acid groups (broad SMARTS) is 1. The lowest BCUT2D eigenvalue weighted by Gasteiger charge is -2.21. The molecule has 4 rings (SSSR count). The zero-order valence-corrected chi connectivity index (χ0v) is 22.5. The average Bonchev–Trinajstić information content (AvgIpc) is 3.71. The van der Waals surface area contributed by atoms with Gasteiger partial charge in [-0.2, -0.15) is 0 Å². The van der Waals surface area contributed by atoms with Crippen molar-refractivity contribution in [1.29, 1.82) is 0 Å². The SMILES string of the molecule is C1CC1.CCc1ccc(NC(=O)CC(CCC(=O)O)c2nnn(CCC3CCCCC3)c2C)c(Cl)c1. The number of aromatic nitrogens is 3. The molecule has 0 bridgehead atoms. The standard InChI is InChI=1S/C25H35ClN4O3.C3H6/c1-3-18-9-11-22(21(26)15-18)27-23(31)16-20(10-12-24(32)33)25-17(2)30(29-28-25)14-13-19-7-5-4-6-8-19;1-2-3-1/h9,11,15,19-20H,3-8,10,12-14,16H2,1-2H3,(H,27,31)(H,32,33);1-3H2. The Morgan fingerprint density at radius 3 is 2.47 bits per heavy atom. The maximum atomic E-state index is 12.8. The number of hydrogen-bond acceptors (Lipinski definition) is 4. The molecule has 1 atom stereocenters. The van der Waals surface area contributed by atoms with Gasteiger partial charge in [-0.3, -0.25) is 9.59 Å². The first kappa shape index (κ1) is 28.2. The molecule has 2 aliphatic rings. The minimum Gasteiger partial charge on any atom is -0.481 e. The molecule has 1 amide bonds. The van der Waals surface area contributed by atoms with E-state index in [1.165, 1.54) is 51.4 Å². The number of carboxylic acids is 1. The van der Waals surface area contributed by atoms with Crippen molar-refractivity contribution in [3.8, 4) is 0 Å². The van der Waals surface area contributed by atoms with Crippen molar-refractivity contribution in [2.45, 2.75) is 110 Å². The Balaban J connectivity index is 0.00000112. The van der Waals surface area contributed by atoms with Crippen LogP contribution in [0, 0.1) is 12.8 Å². The summed E-state index contributed by atoms with van der Waals surface area (Å²) in [4.78, 5) is 24.1. The van der Waals surface area contributed by atoms with Crippen molar-refractivity contribution in [2.75, 3.05) is 5.32 Å². The number of nitrogens with one attached hydrogen (secondary N) is 1. The van der Waals surface area contributed by atoms with Crippen molar-refractivity contribution in [2.24, 2.45) is 5.92 Å². The lowest BCUT2D eigenvalue weighted by molar-refractivity contribution is -0.137. The number of amides is 1. The molecule has 1 unspecified atom stereocenters. The fraction of sp³-hybridized carbons (Fsp3) is 0.643. The van der Waals surface area contributed by atoms with Crippen molar-refractivity contribution >= 4 is 29.2 Å². The van der Waals surface area contributed by atoms with Crippen LogP contribution in [0.25, 0.3) is 0 Å². The fourth-order valence-corrected chi connectivity index (χ4v) is 4.93. The molecule has 2 N–H and O–H groups in total. The summed E-state index contributed by atoms with van der Waals surface area (Å²) in [6.07, 6.45) is 13.4. The molecule has 1 aromatic carbocycles. The highest BCUT2D eigenvalue weighted by molar-refractivity contribution is 6.33. The van der Waals surface area contributed by atoms with Gasteiger partial charge in [0.1, 0.15) is 0 Å². The van der Waals surface area contributed by atoms with Crippen LogP contribution in [0.15, 0.2) is 18.2 Å². The van der Waals surface area contributed by atoms with Crippen LogP contribution < -0.4 is 5.32 Å². The molecule has 198 valence electrons. The van der Waals surface area contributed by atoms with Crippen LogP contribution in [-0.2, 0) is 22.6 Å². The number of aliphatic carboxylic acids is 1. The van der Waals surface area contributed by atoms with E-state index >= 15 is 0 Å². The molecule has 1 heterocycles. The minimum atomic E-state index is -0.888. The molecular formula is C28H41ClN4O3. The van der Waals surface area contributed by atoms with Crippen LogP contribution in [-0.4, -0.2) is 32.0 Å². The molecule has 2 aromatic rings. The van der Waals surface area contributed by atoms with Crippen LogP contribution in [0.4, 0.5) is 5.69 Å². The Labute approximate surface area is 220 Å². The number of nitrogens with zero attached hydrogens (tertiary/aromatic N) is 3.